The summed E-state index contributed by atoms with van der Waals surface area (Å²) in [5.41, 5.74) is 1.58. The van der Waals surface area contributed by atoms with E-state index in [1.165, 1.54) is 0 Å². The number of rotatable bonds is 1. The van der Waals surface area contributed by atoms with Crippen LogP contribution in [0.2, 0.25) is 0 Å². The van der Waals surface area contributed by atoms with Crippen LogP contribution in [0.3, 0.4) is 0 Å². The van der Waals surface area contributed by atoms with E-state index in [-0.39, 0.29) is 5.41 Å². The molecule has 2 rings (SSSR count). The fraction of sp³-hybridized carbons (Fsp3) is 0.615. The van der Waals surface area contributed by atoms with E-state index in [0.29, 0.717) is 6.42 Å². The van der Waals surface area contributed by atoms with Crippen LogP contribution >= 0.6 is 0 Å². The quantitative estimate of drug-likeness (QED) is 0.809. The van der Waals surface area contributed by atoms with Crippen molar-refractivity contribution in [2.75, 3.05) is 0 Å². The Morgan fingerprint density at radius 1 is 1.47 bits per heavy atom. The summed E-state index contributed by atoms with van der Waals surface area (Å²) in [6.07, 6.45) is 4.28. The molecule has 0 aliphatic heterocycles. The van der Waals surface area contributed by atoms with E-state index in [1.54, 1.807) is 6.20 Å². The average Bonchev–Trinajstić information content (AvgIpc) is 2.26. The summed E-state index contributed by atoms with van der Waals surface area (Å²) < 4.78 is 0. The molecule has 0 saturated carbocycles. The number of carboxylic acids is 1. The Labute approximate surface area is 101 Å². The number of carboxylic acid groups (broad SMARTS) is 1. The third kappa shape index (κ3) is 2.30. The number of aliphatic carboxylic acids is 1. The molecular weight excluding hydrogens is 216 g/mol. The van der Waals surface area contributed by atoms with Crippen LogP contribution in [-0.2, 0) is 16.6 Å². The molecule has 1 N–H and O–H groups in total. The van der Waals surface area contributed by atoms with Crippen LogP contribution in [0.4, 0.5) is 0 Å². The van der Waals surface area contributed by atoms with Crippen LogP contribution < -0.4 is 0 Å². The van der Waals surface area contributed by atoms with Gasteiger partial charge in [-0.3, -0.25) is 4.79 Å². The van der Waals surface area contributed by atoms with Gasteiger partial charge in [-0.15, -0.1) is 0 Å². The summed E-state index contributed by atoms with van der Waals surface area (Å²) >= 11 is 0. The molecule has 0 radical (unpaired) electrons. The third-order valence-electron chi connectivity index (χ3n) is 3.14. The molecule has 0 aromatic carbocycles. The van der Waals surface area contributed by atoms with Gasteiger partial charge in [0.2, 0.25) is 0 Å². The van der Waals surface area contributed by atoms with Crippen LogP contribution in [-0.4, -0.2) is 21.0 Å². The number of hydrogen-bond donors (Lipinski definition) is 1. The molecule has 0 amide bonds. The van der Waals surface area contributed by atoms with E-state index < -0.39 is 11.9 Å². The van der Waals surface area contributed by atoms with E-state index in [4.69, 9.17) is 0 Å². The van der Waals surface area contributed by atoms with Crippen molar-refractivity contribution in [3.05, 3.63) is 23.3 Å². The first-order valence-electron chi connectivity index (χ1n) is 5.98. The average molecular weight is 234 g/mol. The number of carbonyl (C=O) groups is 1. The van der Waals surface area contributed by atoms with Crippen molar-refractivity contribution in [1.82, 2.24) is 9.97 Å². The van der Waals surface area contributed by atoms with Gasteiger partial charge in [0.25, 0.3) is 0 Å². The Morgan fingerprint density at radius 2 is 2.18 bits per heavy atom. The molecule has 92 valence electrons. The smallest absolute Gasteiger partial charge is 0.312 e. The second-order valence-corrected chi connectivity index (χ2v) is 5.64. The van der Waals surface area contributed by atoms with Crippen LogP contribution in [0.25, 0.3) is 0 Å². The fourth-order valence-electron chi connectivity index (χ4n) is 2.15. The molecule has 1 unspecified atom stereocenters. The Morgan fingerprint density at radius 3 is 2.76 bits per heavy atom. The van der Waals surface area contributed by atoms with Gasteiger partial charge in [-0.25, -0.2) is 9.97 Å². The Hall–Kier alpha value is -1.45. The highest BCUT2D eigenvalue weighted by molar-refractivity contribution is 5.76. The first-order valence-corrected chi connectivity index (χ1v) is 5.98. The van der Waals surface area contributed by atoms with Gasteiger partial charge in [-0.05, 0) is 24.8 Å². The number of hydrogen-bond acceptors (Lipinski definition) is 3. The van der Waals surface area contributed by atoms with Crippen molar-refractivity contribution in [3.63, 3.8) is 0 Å². The van der Waals surface area contributed by atoms with Gasteiger partial charge in [0.1, 0.15) is 5.82 Å². The highest BCUT2D eigenvalue weighted by atomic mass is 16.4. The minimum atomic E-state index is -0.774. The molecule has 0 fully saturated rings. The SMILES string of the molecule is CC(C)(C)c1ncc2c(n1)C(C(=O)O)CCC2. The normalized spacial score (nSPS) is 19.8. The lowest BCUT2D eigenvalue weighted by Gasteiger charge is -2.24. The summed E-state index contributed by atoms with van der Waals surface area (Å²) in [6, 6.07) is 0. The predicted octanol–water partition coefficient (Wildman–Crippen LogP) is 2.28. The summed E-state index contributed by atoms with van der Waals surface area (Å²) in [4.78, 5) is 20.1. The molecule has 4 heteroatoms. The minimum absolute atomic E-state index is 0.143. The van der Waals surface area contributed by atoms with Crippen molar-refractivity contribution < 1.29 is 9.90 Å². The van der Waals surface area contributed by atoms with E-state index in [1.807, 2.05) is 20.8 Å². The Kier molecular flexibility index (Phi) is 2.89. The summed E-state index contributed by atoms with van der Waals surface area (Å²) in [6.45, 7) is 6.11. The van der Waals surface area contributed by atoms with Crippen LogP contribution in [0.1, 0.15) is 56.6 Å². The molecule has 0 bridgehead atoms. The van der Waals surface area contributed by atoms with E-state index in [9.17, 15) is 9.90 Å². The van der Waals surface area contributed by atoms with Gasteiger partial charge < -0.3 is 5.11 Å². The van der Waals surface area contributed by atoms with E-state index in [0.717, 1.165) is 29.9 Å². The summed E-state index contributed by atoms with van der Waals surface area (Å²) in [5.74, 6) is -0.503. The lowest BCUT2D eigenvalue weighted by atomic mass is 9.86. The topological polar surface area (TPSA) is 63.1 Å². The maximum absolute atomic E-state index is 11.2. The lowest BCUT2D eigenvalue weighted by Crippen LogP contribution is -2.24. The van der Waals surface area contributed by atoms with Gasteiger partial charge in [-0.2, -0.15) is 0 Å². The zero-order valence-corrected chi connectivity index (χ0v) is 10.5. The maximum Gasteiger partial charge on any atom is 0.312 e. The Balaban J connectivity index is 2.48. The van der Waals surface area contributed by atoms with Crippen molar-refractivity contribution in [2.24, 2.45) is 0 Å². The summed E-state index contributed by atoms with van der Waals surface area (Å²) in [7, 11) is 0. The molecule has 1 aliphatic carbocycles. The molecule has 1 atom stereocenters. The van der Waals surface area contributed by atoms with Crippen LogP contribution in [0, 0.1) is 0 Å². The van der Waals surface area contributed by atoms with Crippen molar-refractivity contribution in [3.8, 4) is 0 Å². The second kappa shape index (κ2) is 4.09. The fourth-order valence-corrected chi connectivity index (χ4v) is 2.15. The molecular formula is C13H18N2O2. The number of nitrogens with zero attached hydrogens (tertiary/aromatic N) is 2. The van der Waals surface area contributed by atoms with Gasteiger partial charge in [0.15, 0.2) is 0 Å². The monoisotopic (exact) mass is 234 g/mol. The zero-order valence-electron chi connectivity index (χ0n) is 10.5. The van der Waals surface area contributed by atoms with E-state index in [2.05, 4.69) is 9.97 Å². The maximum atomic E-state index is 11.2. The van der Waals surface area contributed by atoms with Crippen molar-refractivity contribution in [1.29, 1.82) is 0 Å². The van der Waals surface area contributed by atoms with Crippen LogP contribution in [0.5, 0.6) is 0 Å². The molecule has 0 spiro atoms. The molecule has 1 aromatic heterocycles. The molecule has 1 heterocycles. The highest BCUT2D eigenvalue weighted by Crippen LogP contribution is 2.31. The molecule has 17 heavy (non-hydrogen) atoms. The molecule has 4 nitrogen and oxygen atoms in total. The largest absolute Gasteiger partial charge is 0.481 e. The van der Waals surface area contributed by atoms with E-state index >= 15 is 0 Å². The van der Waals surface area contributed by atoms with Crippen molar-refractivity contribution >= 4 is 5.97 Å². The van der Waals surface area contributed by atoms with Crippen molar-refractivity contribution in [2.45, 2.75) is 51.4 Å². The standard InChI is InChI=1S/C13H18N2O2/c1-13(2,3)12-14-7-8-5-4-6-9(11(16)17)10(8)15-12/h7,9H,4-6H2,1-3H3,(H,16,17). The number of aromatic nitrogens is 2. The van der Waals surface area contributed by atoms with Gasteiger partial charge >= 0.3 is 5.97 Å². The molecule has 1 aliphatic rings. The molecule has 0 saturated heterocycles. The highest BCUT2D eigenvalue weighted by Gasteiger charge is 2.29. The van der Waals surface area contributed by atoms with Gasteiger partial charge in [-0.1, -0.05) is 20.8 Å². The van der Waals surface area contributed by atoms with Gasteiger partial charge in [0, 0.05) is 11.6 Å². The minimum Gasteiger partial charge on any atom is -0.481 e. The zero-order chi connectivity index (χ0) is 12.6. The first kappa shape index (κ1) is 12.0. The second-order valence-electron chi connectivity index (χ2n) is 5.64. The summed E-state index contributed by atoms with van der Waals surface area (Å²) in [5, 5.41) is 9.22. The Bertz CT molecular complexity index is 449. The van der Waals surface area contributed by atoms with Gasteiger partial charge in [0.05, 0.1) is 11.6 Å². The first-order chi connectivity index (χ1) is 7.89. The number of aryl methyl sites for hydroxylation is 1. The predicted molar refractivity (Wildman–Crippen MR) is 64.0 cm³/mol. The molecule has 1 aromatic rings. The number of fused-ring (bicyclic) bond motifs is 1. The third-order valence-corrected chi connectivity index (χ3v) is 3.14. The van der Waals surface area contributed by atoms with Crippen LogP contribution in [0.15, 0.2) is 6.20 Å². The lowest BCUT2D eigenvalue weighted by molar-refractivity contribution is -0.139.